The highest BCUT2D eigenvalue weighted by Gasteiger charge is 2.04. The number of carbonyl (C=O) groups excluding carboxylic acids is 1. The maximum atomic E-state index is 11.8. The van der Waals surface area contributed by atoms with E-state index in [1.165, 1.54) is 19.3 Å². The Morgan fingerprint density at radius 3 is 2.67 bits per heavy atom. The van der Waals surface area contributed by atoms with Gasteiger partial charge in [0.2, 0.25) is 5.91 Å². The lowest BCUT2D eigenvalue weighted by molar-refractivity contribution is -0.116. The molecule has 0 aliphatic rings. The van der Waals surface area contributed by atoms with Crippen molar-refractivity contribution < 1.29 is 4.79 Å². The van der Waals surface area contributed by atoms with Crippen molar-refractivity contribution in [2.75, 3.05) is 11.1 Å². The Morgan fingerprint density at radius 2 is 1.94 bits per heavy atom. The molecule has 0 atom stereocenters. The number of benzene rings is 1. The monoisotopic (exact) mass is 248 g/mol. The van der Waals surface area contributed by atoms with Crippen LogP contribution in [-0.2, 0) is 4.79 Å². The summed E-state index contributed by atoms with van der Waals surface area (Å²) in [5.41, 5.74) is 8.26. The minimum absolute atomic E-state index is 0.0835. The van der Waals surface area contributed by atoms with Crippen LogP contribution in [-0.4, -0.2) is 5.91 Å². The Kier molecular flexibility index (Phi) is 6.26. The maximum absolute atomic E-state index is 11.8. The molecule has 0 unspecified atom stereocenters. The third-order valence-corrected chi connectivity index (χ3v) is 3.04. The molecule has 0 fully saturated rings. The lowest BCUT2D eigenvalue weighted by atomic mass is 10.1. The molecule has 100 valence electrons. The fourth-order valence-electron chi connectivity index (χ4n) is 1.88. The summed E-state index contributed by atoms with van der Waals surface area (Å²) in [6.07, 6.45) is 6.41. The molecule has 3 N–H and O–H groups in total. The lowest BCUT2D eigenvalue weighted by Gasteiger charge is -2.09. The van der Waals surface area contributed by atoms with Crippen LogP contribution >= 0.6 is 0 Å². The summed E-state index contributed by atoms with van der Waals surface area (Å²) in [6.45, 7) is 4.16. The average Bonchev–Trinajstić information content (AvgIpc) is 2.33. The minimum atomic E-state index is 0.0835. The van der Waals surface area contributed by atoms with Crippen molar-refractivity contribution in [3.05, 3.63) is 23.8 Å². The fraction of sp³-hybridized carbons (Fsp3) is 0.533. The van der Waals surface area contributed by atoms with Crippen LogP contribution in [0.1, 0.15) is 51.0 Å². The molecule has 18 heavy (non-hydrogen) atoms. The Morgan fingerprint density at radius 1 is 1.22 bits per heavy atom. The number of rotatable bonds is 7. The molecule has 3 nitrogen and oxygen atoms in total. The molecule has 1 rings (SSSR count). The van der Waals surface area contributed by atoms with Gasteiger partial charge in [0.05, 0.1) is 0 Å². The highest BCUT2D eigenvalue weighted by molar-refractivity contribution is 5.91. The molecular formula is C15H24N2O. The first-order valence-corrected chi connectivity index (χ1v) is 6.79. The second-order valence-corrected chi connectivity index (χ2v) is 4.79. The van der Waals surface area contributed by atoms with E-state index < -0.39 is 0 Å². The standard InChI is InChI=1S/C15H24N2O/c1-3-4-5-6-7-8-15(18)17-14-11-13(16)10-9-12(14)2/h9-11H,3-8,16H2,1-2H3,(H,17,18). The van der Waals surface area contributed by atoms with E-state index in [1.807, 2.05) is 25.1 Å². The molecule has 0 bridgehead atoms. The van der Waals surface area contributed by atoms with Crippen molar-refractivity contribution in [1.29, 1.82) is 0 Å². The molecule has 1 amide bonds. The van der Waals surface area contributed by atoms with Crippen molar-refractivity contribution in [2.45, 2.75) is 52.4 Å². The van der Waals surface area contributed by atoms with Gasteiger partial charge >= 0.3 is 0 Å². The van der Waals surface area contributed by atoms with Crippen LogP contribution in [0.4, 0.5) is 11.4 Å². The van der Waals surface area contributed by atoms with Gasteiger partial charge in [0.15, 0.2) is 0 Å². The summed E-state index contributed by atoms with van der Waals surface area (Å²) in [5, 5.41) is 2.92. The summed E-state index contributed by atoms with van der Waals surface area (Å²) in [5.74, 6) is 0.0835. The van der Waals surface area contributed by atoms with E-state index in [1.54, 1.807) is 0 Å². The first-order valence-electron chi connectivity index (χ1n) is 6.79. The molecule has 0 spiro atoms. The number of amides is 1. The van der Waals surface area contributed by atoms with Gasteiger partial charge in [-0.3, -0.25) is 4.79 Å². The van der Waals surface area contributed by atoms with E-state index in [2.05, 4.69) is 12.2 Å². The number of aryl methyl sites for hydroxylation is 1. The second kappa shape index (κ2) is 7.75. The summed E-state index contributed by atoms with van der Waals surface area (Å²) in [6, 6.07) is 5.58. The van der Waals surface area contributed by atoms with Gasteiger partial charge in [0.1, 0.15) is 0 Å². The lowest BCUT2D eigenvalue weighted by Crippen LogP contribution is -2.12. The number of nitrogens with two attached hydrogens (primary N) is 1. The van der Waals surface area contributed by atoms with Gasteiger partial charge in [-0.2, -0.15) is 0 Å². The third kappa shape index (κ3) is 5.21. The zero-order valence-corrected chi connectivity index (χ0v) is 11.5. The van der Waals surface area contributed by atoms with Crippen molar-refractivity contribution >= 4 is 17.3 Å². The van der Waals surface area contributed by atoms with Gasteiger partial charge in [0, 0.05) is 17.8 Å². The molecule has 0 saturated carbocycles. The van der Waals surface area contributed by atoms with E-state index in [9.17, 15) is 4.79 Å². The third-order valence-electron chi connectivity index (χ3n) is 3.04. The molecule has 0 saturated heterocycles. The normalized spacial score (nSPS) is 10.3. The van der Waals surface area contributed by atoms with Crippen LogP contribution in [0, 0.1) is 6.92 Å². The molecular weight excluding hydrogens is 224 g/mol. The number of hydrogen-bond acceptors (Lipinski definition) is 2. The summed E-state index contributed by atoms with van der Waals surface area (Å²) in [4.78, 5) is 11.8. The number of carbonyl (C=O) groups is 1. The first-order chi connectivity index (χ1) is 8.63. The zero-order chi connectivity index (χ0) is 13.4. The zero-order valence-electron chi connectivity index (χ0n) is 11.5. The van der Waals surface area contributed by atoms with E-state index in [-0.39, 0.29) is 5.91 Å². The predicted molar refractivity (Wildman–Crippen MR) is 77.6 cm³/mol. The average molecular weight is 248 g/mol. The second-order valence-electron chi connectivity index (χ2n) is 4.79. The molecule has 0 aliphatic carbocycles. The molecule has 3 heteroatoms. The molecule has 0 aromatic heterocycles. The van der Waals surface area contributed by atoms with Crippen LogP contribution in [0.25, 0.3) is 0 Å². The predicted octanol–water partition coefficient (Wildman–Crippen LogP) is 3.88. The Hall–Kier alpha value is -1.51. The van der Waals surface area contributed by atoms with E-state index in [0.717, 1.165) is 24.1 Å². The molecule has 0 radical (unpaired) electrons. The Balaban J connectivity index is 2.33. The maximum Gasteiger partial charge on any atom is 0.224 e. The van der Waals surface area contributed by atoms with Crippen LogP contribution in [0.5, 0.6) is 0 Å². The molecule has 0 aliphatic heterocycles. The van der Waals surface area contributed by atoms with E-state index >= 15 is 0 Å². The molecule has 1 aromatic rings. The fourth-order valence-corrected chi connectivity index (χ4v) is 1.88. The van der Waals surface area contributed by atoms with Crippen molar-refractivity contribution in [1.82, 2.24) is 0 Å². The van der Waals surface area contributed by atoms with Crippen molar-refractivity contribution in [3.63, 3.8) is 0 Å². The Bertz CT molecular complexity index is 388. The van der Waals surface area contributed by atoms with Gasteiger partial charge in [-0.25, -0.2) is 0 Å². The van der Waals surface area contributed by atoms with Crippen LogP contribution in [0.3, 0.4) is 0 Å². The van der Waals surface area contributed by atoms with Gasteiger partial charge in [0.25, 0.3) is 0 Å². The van der Waals surface area contributed by atoms with E-state index in [0.29, 0.717) is 12.1 Å². The smallest absolute Gasteiger partial charge is 0.224 e. The number of hydrogen-bond donors (Lipinski definition) is 2. The minimum Gasteiger partial charge on any atom is -0.399 e. The quantitative estimate of drug-likeness (QED) is 0.568. The van der Waals surface area contributed by atoms with Gasteiger partial charge in [-0.15, -0.1) is 0 Å². The number of anilines is 2. The van der Waals surface area contributed by atoms with Crippen molar-refractivity contribution in [2.24, 2.45) is 0 Å². The van der Waals surface area contributed by atoms with Gasteiger partial charge < -0.3 is 11.1 Å². The van der Waals surface area contributed by atoms with Gasteiger partial charge in [-0.05, 0) is 31.0 Å². The van der Waals surface area contributed by atoms with Gasteiger partial charge in [-0.1, -0.05) is 38.7 Å². The SMILES string of the molecule is CCCCCCCC(=O)Nc1cc(N)ccc1C. The number of nitrogen functional groups attached to an aromatic ring is 1. The number of nitrogens with one attached hydrogen (secondary N) is 1. The summed E-state index contributed by atoms with van der Waals surface area (Å²) >= 11 is 0. The summed E-state index contributed by atoms with van der Waals surface area (Å²) < 4.78 is 0. The van der Waals surface area contributed by atoms with Crippen LogP contribution < -0.4 is 11.1 Å². The number of unbranched alkanes of at least 4 members (excludes halogenated alkanes) is 4. The first kappa shape index (κ1) is 14.6. The topological polar surface area (TPSA) is 55.1 Å². The summed E-state index contributed by atoms with van der Waals surface area (Å²) in [7, 11) is 0. The highest BCUT2D eigenvalue weighted by Crippen LogP contribution is 2.18. The highest BCUT2D eigenvalue weighted by atomic mass is 16.1. The molecule has 1 aromatic carbocycles. The van der Waals surface area contributed by atoms with Crippen molar-refractivity contribution in [3.8, 4) is 0 Å². The van der Waals surface area contributed by atoms with Crippen LogP contribution in [0.2, 0.25) is 0 Å². The largest absolute Gasteiger partial charge is 0.399 e. The van der Waals surface area contributed by atoms with Crippen LogP contribution in [0.15, 0.2) is 18.2 Å². The van der Waals surface area contributed by atoms with E-state index in [4.69, 9.17) is 5.73 Å². The molecule has 0 heterocycles. The Labute approximate surface area is 110 Å².